The average Bonchev–Trinajstić information content (AvgIpc) is 2.31. The Labute approximate surface area is 103 Å². The van der Waals surface area contributed by atoms with Crippen molar-refractivity contribution in [3.63, 3.8) is 0 Å². The predicted molar refractivity (Wildman–Crippen MR) is 69.4 cm³/mol. The van der Waals surface area contributed by atoms with E-state index in [2.05, 4.69) is 24.1 Å². The lowest BCUT2D eigenvalue weighted by Crippen LogP contribution is -2.27. The molecule has 17 heavy (non-hydrogen) atoms. The summed E-state index contributed by atoms with van der Waals surface area (Å²) in [7, 11) is 0. The van der Waals surface area contributed by atoms with Crippen molar-refractivity contribution in [1.29, 1.82) is 0 Å². The smallest absolute Gasteiger partial charge is 0.168 e. The van der Waals surface area contributed by atoms with Crippen molar-refractivity contribution in [1.82, 2.24) is 4.98 Å². The molecule has 0 aliphatic heterocycles. The summed E-state index contributed by atoms with van der Waals surface area (Å²) >= 11 is 0. The van der Waals surface area contributed by atoms with Crippen LogP contribution < -0.4 is 10.1 Å². The van der Waals surface area contributed by atoms with Crippen LogP contribution >= 0.6 is 0 Å². The Kier molecular flexibility index (Phi) is 5.77. The third-order valence-electron chi connectivity index (χ3n) is 2.64. The molecule has 0 spiro atoms. The summed E-state index contributed by atoms with van der Waals surface area (Å²) in [6, 6.07) is 3.95. The van der Waals surface area contributed by atoms with Crippen LogP contribution in [0.5, 0.6) is 5.75 Å². The van der Waals surface area contributed by atoms with Gasteiger partial charge in [0.25, 0.3) is 0 Å². The Hall–Kier alpha value is -1.29. The van der Waals surface area contributed by atoms with E-state index in [1.165, 1.54) is 0 Å². The molecule has 0 radical (unpaired) electrons. The summed E-state index contributed by atoms with van der Waals surface area (Å²) < 4.78 is 5.51. The molecule has 0 saturated heterocycles. The van der Waals surface area contributed by atoms with Crippen LogP contribution in [0, 0.1) is 5.92 Å². The van der Waals surface area contributed by atoms with E-state index in [9.17, 15) is 0 Å². The van der Waals surface area contributed by atoms with Gasteiger partial charge in [-0.2, -0.15) is 0 Å². The molecule has 96 valence electrons. The van der Waals surface area contributed by atoms with Crippen LogP contribution in [0.3, 0.4) is 0 Å². The first-order chi connectivity index (χ1) is 8.19. The van der Waals surface area contributed by atoms with E-state index in [4.69, 9.17) is 9.84 Å². The number of rotatable bonds is 7. The van der Waals surface area contributed by atoms with Gasteiger partial charge < -0.3 is 15.2 Å². The number of aliphatic hydroxyl groups is 1. The van der Waals surface area contributed by atoms with E-state index >= 15 is 0 Å². The zero-order valence-corrected chi connectivity index (χ0v) is 10.8. The second kappa shape index (κ2) is 7.12. The van der Waals surface area contributed by atoms with E-state index in [-0.39, 0.29) is 12.6 Å². The Balaban J connectivity index is 2.77. The molecule has 1 rings (SSSR count). The van der Waals surface area contributed by atoms with Gasteiger partial charge in [0.2, 0.25) is 0 Å². The van der Waals surface area contributed by atoms with Crippen molar-refractivity contribution >= 4 is 5.82 Å². The minimum atomic E-state index is 0.173. The average molecular weight is 238 g/mol. The molecule has 2 N–H and O–H groups in total. The summed E-state index contributed by atoms with van der Waals surface area (Å²) in [5.74, 6) is 1.94. The topological polar surface area (TPSA) is 54.4 Å². The Morgan fingerprint density at radius 1 is 1.47 bits per heavy atom. The fraction of sp³-hybridized carbons (Fsp3) is 0.615. The van der Waals surface area contributed by atoms with E-state index < -0.39 is 0 Å². The molecular formula is C13H22N2O2. The van der Waals surface area contributed by atoms with Gasteiger partial charge in [0.05, 0.1) is 6.61 Å². The van der Waals surface area contributed by atoms with Crippen LogP contribution in [0.1, 0.15) is 27.2 Å². The highest BCUT2D eigenvalue weighted by Gasteiger charge is 2.15. The lowest BCUT2D eigenvalue weighted by Gasteiger charge is -2.23. The molecule has 0 amide bonds. The van der Waals surface area contributed by atoms with Crippen LogP contribution in [0.15, 0.2) is 18.3 Å². The largest absolute Gasteiger partial charge is 0.490 e. The number of ether oxygens (including phenoxy) is 1. The maximum atomic E-state index is 9.04. The first kappa shape index (κ1) is 13.8. The van der Waals surface area contributed by atoms with Crippen molar-refractivity contribution in [3.05, 3.63) is 18.3 Å². The molecule has 1 heterocycles. The lowest BCUT2D eigenvalue weighted by molar-refractivity contribution is 0.267. The number of pyridine rings is 1. The van der Waals surface area contributed by atoms with Crippen LogP contribution in [-0.2, 0) is 0 Å². The van der Waals surface area contributed by atoms with E-state index in [1.807, 2.05) is 19.1 Å². The van der Waals surface area contributed by atoms with Crippen molar-refractivity contribution in [2.24, 2.45) is 5.92 Å². The van der Waals surface area contributed by atoms with Gasteiger partial charge in [0.15, 0.2) is 11.6 Å². The quantitative estimate of drug-likeness (QED) is 0.765. The fourth-order valence-corrected chi connectivity index (χ4v) is 1.66. The first-order valence-electron chi connectivity index (χ1n) is 6.14. The van der Waals surface area contributed by atoms with Crippen molar-refractivity contribution in [2.45, 2.75) is 33.2 Å². The van der Waals surface area contributed by atoms with Gasteiger partial charge in [0, 0.05) is 18.8 Å². The summed E-state index contributed by atoms with van der Waals surface area (Å²) in [6.45, 7) is 6.98. The van der Waals surface area contributed by atoms with E-state index in [1.54, 1.807) is 6.20 Å². The highest BCUT2D eigenvalue weighted by Crippen LogP contribution is 2.23. The second-order valence-corrected chi connectivity index (χ2v) is 4.29. The number of aromatic nitrogens is 1. The molecule has 0 aromatic carbocycles. The summed E-state index contributed by atoms with van der Waals surface area (Å²) in [4.78, 5) is 4.28. The summed E-state index contributed by atoms with van der Waals surface area (Å²) in [5.41, 5.74) is 0. The van der Waals surface area contributed by atoms with Gasteiger partial charge in [-0.15, -0.1) is 0 Å². The third kappa shape index (κ3) is 4.23. The number of nitrogens with zero attached hydrogens (tertiary/aromatic N) is 1. The van der Waals surface area contributed by atoms with E-state index in [0.29, 0.717) is 18.9 Å². The van der Waals surface area contributed by atoms with Gasteiger partial charge in [0.1, 0.15) is 0 Å². The zero-order valence-electron chi connectivity index (χ0n) is 10.8. The van der Waals surface area contributed by atoms with Crippen LogP contribution in [-0.4, -0.2) is 29.3 Å². The lowest BCUT2D eigenvalue weighted by atomic mass is 10.0. The number of hydrogen-bond acceptors (Lipinski definition) is 4. The van der Waals surface area contributed by atoms with Crippen molar-refractivity contribution in [2.75, 3.05) is 18.5 Å². The van der Waals surface area contributed by atoms with Crippen molar-refractivity contribution < 1.29 is 9.84 Å². The molecule has 4 heteroatoms. The number of hydrogen-bond donors (Lipinski definition) is 2. The Morgan fingerprint density at radius 2 is 2.24 bits per heavy atom. The van der Waals surface area contributed by atoms with Gasteiger partial charge in [-0.3, -0.25) is 0 Å². The molecule has 1 aromatic rings. The SMILES string of the molecule is CCOc1cccnc1NC(CCO)C(C)C. The third-order valence-corrected chi connectivity index (χ3v) is 2.64. The van der Waals surface area contributed by atoms with Crippen molar-refractivity contribution in [3.8, 4) is 5.75 Å². The Bertz CT molecular complexity index is 329. The van der Waals surface area contributed by atoms with E-state index in [0.717, 1.165) is 11.6 Å². The number of nitrogens with one attached hydrogen (secondary N) is 1. The van der Waals surface area contributed by atoms with Crippen LogP contribution in [0.2, 0.25) is 0 Å². The standard InChI is InChI=1S/C13H22N2O2/c1-4-17-12-6-5-8-14-13(12)15-11(7-9-16)10(2)3/h5-6,8,10-11,16H,4,7,9H2,1-3H3,(H,14,15). The highest BCUT2D eigenvalue weighted by atomic mass is 16.5. The summed E-state index contributed by atoms with van der Waals surface area (Å²) in [6.07, 6.45) is 2.45. The predicted octanol–water partition coefficient (Wildman–Crippen LogP) is 2.30. The zero-order chi connectivity index (χ0) is 12.7. The second-order valence-electron chi connectivity index (χ2n) is 4.29. The maximum absolute atomic E-state index is 9.04. The molecule has 4 nitrogen and oxygen atoms in total. The summed E-state index contributed by atoms with van der Waals surface area (Å²) in [5, 5.41) is 12.4. The highest BCUT2D eigenvalue weighted by molar-refractivity contribution is 5.50. The fourth-order valence-electron chi connectivity index (χ4n) is 1.66. The molecule has 0 aliphatic carbocycles. The first-order valence-corrected chi connectivity index (χ1v) is 6.14. The van der Waals surface area contributed by atoms with Gasteiger partial charge in [-0.1, -0.05) is 13.8 Å². The molecule has 0 bridgehead atoms. The van der Waals surface area contributed by atoms with Gasteiger partial charge in [-0.25, -0.2) is 4.98 Å². The minimum absolute atomic E-state index is 0.173. The monoisotopic (exact) mass is 238 g/mol. The molecule has 1 atom stereocenters. The molecule has 0 saturated carbocycles. The normalized spacial score (nSPS) is 12.5. The van der Waals surface area contributed by atoms with Gasteiger partial charge in [-0.05, 0) is 31.4 Å². The molecule has 1 aromatic heterocycles. The molecular weight excluding hydrogens is 216 g/mol. The maximum Gasteiger partial charge on any atom is 0.168 e. The van der Waals surface area contributed by atoms with Gasteiger partial charge >= 0.3 is 0 Å². The van der Waals surface area contributed by atoms with Crippen LogP contribution in [0.25, 0.3) is 0 Å². The molecule has 0 aliphatic rings. The minimum Gasteiger partial charge on any atom is -0.490 e. The molecule has 1 unspecified atom stereocenters. The Morgan fingerprint density at radius 3 is 2.82 bits per heavy atom. The number of anilines is 1. The number of aliphatic hydroxyl groups excluding tert-OH is 1. The molecule has 0 fully saturated rings. The van der Waals surface area contributed by atoms with Crippen LogP contribution in [0.4, 0.5) is 5.82 Å².